The summed E-state index contributed by atoms with van der Waals surface area (Å²) in [6.07, 6.45) is 1.58. The van der Waals surface area contributed by atoms with Crippen molar-refractivity contribution >= 4 is 22.8 Å². The largest absolute Gasteiger partial charge is 0.379 e. The summed E-state index contributed by atoms with van der Waals surface area (Å²) in [7, 11) is 0. The minimum Gasteiger partial charge on any atom is -0.379 e. The van der Waals surface area contributed by atoms with E-state index in [1.807, 2.05) is 38.1 Å². The predicted octanol–water partition coefficient (Wildman–Crippen LogP) is 5.45. The lowest BCUT2D eigenvalue weighted by atomic mass is 10.1. The molecule has 2 N–H and O–H groups in total. The van der Waals surface area contributed by atoms with E-state index in [9.17, 15) is 4.79 Å². The van der Waals surface area contributed by atoms with E-state index in [2.05, 4.69) is 42.6 Å². The van der Waals surface area contributed by atoms with Crippen LogP contribution in [0.1, 0.15) is 51.8 Å². The number of carbonyl (C=O) groups is 1. The molecule has 162 valence electrons. The minimum atomic E-state index is 0.0274. The quantitative estimate of drug-likeness (QED) is 0.461. The van der Waals surface area contributed by atoms with Crippen LogP contribution in [0.5, 0.6) is 0 Å². The maximum Gasteiger partial charge on any atom is 0.225 e. The molecule has 0 radical (unpaired) electrons. The van der Waals surface area contributed by atoms with Gasteiger partial charge in [0.25, 0.3) is 0 Å². The molecule has 0 bridgehead atoms. The number of aromatic amines is 1. The van der Waals surface area contributed by atoms with Crippen molar-refractivity contribution in [1.82, 2.24) is 14.5 Å². The van der Waals surface area contributed by atoms with Gasteiger partial charge in [0.2, 0.25) is 5.91 Å². The first-order valence-electron chi connectivity index (χ1n) is 10.8. The first-order chi connectivity index (χ1) is 14.3. The van der Waals surface area contributed by atoms with Gasteiger partial charge in [-0.3, -0.25) is 4.79 Å². The molecule has 3 aromatic rings. The van der Waals surface area contributed by atoms with Crippen molar-refractivity contribution in [1.29, 1.82) is 0 Å². The molecule has 0 spiro atoms. The Morgan fingerprint density at radius 2 is 1.93 bits per heavy atom. The Kier molecular flexibility index (Phi) is 6.98. The van der Waals surface area contributed by atoms with Crippen molar-refractivity contribution in [3.63, 3.8) is 0 Å². The van der Waals surface area contributed by atoms with Gasteiger partial charge in [0.1, 0.15) is 11.6 Å². The number of nitrogens with one attached hydrogen (secondary N) is 2. The van der Waals surface area contributed by atoms with E-state index in [1.165, 1.54) is 0 Å². The number of hydrogen-bond donors (Lipinski definition) is 2. The molecular weight excluding hydrogens is 376 g/mol. The highest BCUT2D eigenvalue weighted by molar-refractivity contribution is 5.96. The van der Waals surface area contributed by atoms with Gasteiger partial charge in [-0.15, -0.1) is 0 Å². The highest BCUT2D eigenvalue weighted by Crippen LogP contribution is 2.36. The number of aromatic nitrogens is 3. The maximum atomic E-state index is 12.7. The lowest BCUT2D eigenvalue weighted by molar-refractivity contribution is -0.116. The van der Waals surface area contributed by atoms with Crippen LogP contribution < -0.4 is 5.32 Å². The molecule has 1 amide bonds. The second kappa shape index (κ2) is 9.47. The summed E-state index contributed by atoms with van der Waals surface area (Å²) in [6, 6.07) is 7.99. The topological polar surface area (TPSA) is 71.9 Å². The Balaban J connectivity index is 2.01. The third kappa shape index (κ3) is 4.93. The Morgan fingerprint density at radius 3 is 2.60 bits per heavy atom. The van der Waals surface area contributed by atoms with Crippen molar-refractivity contribution in [3.05, 3.63) is 35.5 Å². The Morgan fingerprint density at radius 1 is 1.20 bits per heavy atom. The molecule has 0 fully saturated rings. The number of H-pyrrole nitrogens is 1. The average Bonchev–Trinajstić information content (AvgIpc) is 3.18. The Hall–Kier alpha value is -2.60. The van der Waals surface area contributed by atoms with E-state index in [0.29, 0.717) is 18.9 Å². The molecule has 6 heteroatoms. The van der Waals surface area contributed by atoms with Crippen LogP contribution in [0.2, 0.25) is 0 Å². The zero-order valence-corrected chi connectivity index (χ0v) is 19.0. The first-order valence-corrected chi connectivity index (χ1v) is 10.8. The normalized spacial score (nSPS) is 11.7. The number of fused-ring (bicyclic) bond motifs is 1. The lowest BCUT2D eigenvalue weighted by Gasteiger charge is -2.15. The smallest absolute Gasteiger partial charge is 0.225 e. The van der Waals surface area contributed by atoms with Crippen LogP contribution in [0.3, 0.4) is 0 Å². The van der Waals surface area contributed by atoms with Gasteiger partial charge in [-0.05, 0) is 57.7 Å². The van der Waals surface area contributed by atoms with Gasteiger partial charge in [-0.25, -0.2) is 4.98 Å². The number of carbonyl (C=O) groups excluding carboxylic acids is 1. The van der Waals surface area contributed by atoms with Crippen LogP contribution in [0, 0.1) is 19.8 Å². The van der Waals surface area contributed by atoms with E-state index in [4.69, 9.17) is 9.72 Å². The van der Waals surface area contributed by atoms with Crippen molar-refractivity contribution in [2.75, 3.05) is 11.9 Å². The molecule has 6 nitrogen and oxygen atoms in total. The summed E-state index contributed by atoms with van der Waals surface area (Å²) in [5.74, 6) is 1.93. The summed E-state index contributed by atoms with van der Waals surface area (Å²) in [6.45, 7) is 13.9. The molecule has 0 saturated carbocycles. The number of rotatable bonds is 9. The number of benzene rings is 1. The van der Waals surface area contributed by atoms with Crippen LogP contribution in [0.25, 0.3) is 22.4 Å². The molecule has 0 aliphatic heterocycles. The van der Waals surface area contributed by atoms with Crippen LogP contribution in [0.15, 0.2) is 24.3 Å². The van der Waals surface area contributed by atoms with Gasteiger partial charge in [0, 0.05) is 25.3 Å². The number of ether oxygens (including phenoxy) is 1. The fraction of sp³-hybridized carbons (Fsp3) is 0.500. The zero-order chi connectivity index (χ0) is 21.8. The summed E-state index contributed by atoms with van der Waals surface area (Å²) in [5.41, 5.74) is 5.13. The van der Waals surface area contributed by atoms with E-state index >= 15 is 0 Å². The molecule has 0 unspecified atom stereocenters. The minimum absolute atomic E-state index is 0.0274. The average molecular weight is 411 g/mol. The van der Waals surface area contributed by atoms with Crippen molar-refractivity contribution in [2.45, 2.75) is 67.0 Å². The van der Waals surface area contributed by atoms with E-state index < -0.39 is 0 Å². The van der Waals surface area contributed by atoms with Crippen molar-refractivity contribution in [3.8, 4) is 11.4 Å². The first kappa shape index (κ1) is 22.1. The number of para-hydroxylation sites is 2. The van der Waals surface area contributed by atoms with E-state index in [0.717, 1.165) is 52.5 Å². The van der Waals surface area contributed by atoms with Crippen LogP contribution in [-0.4, -0.2) is 33.2 Å². The van der Waals surface area contributed by atoms with Crippen LogP contribution >= 0.6 is 0 Å². The second-order valence-corrected chi connectivity index (χ2v) is 8.61. The molecule has 30 heavy (non-hydrogen) atoms. The van der Waals surface area contributed by atoms with Gasteiger partial charge in [-0.1, -0.05) is 26.0 Å². The molecule has 2 heterocycles. The number of anilines is 1. The van der Waals surface area contributed by atoms with Gasteiger partial charge >= 0.3 is 0 Å². The molecule has 0 aliphatic carbocycles. The Bertz CT molecular complexity index is 981. The highest BCUT2D eigenvalue weighted by atomic mass is 16.5. The zero-order valence-electron chi connectivity index (χ0n) is 19.0. The molecule has 2 aromatic heterocycles. The number of imidazole rings is 1. The molecule has 1 aromatic carbocycles. The monoisotopic (exact) mass is 410 g/mol. The molecular formula is C24H34N4O2. The standard InChI is InChI=1S/C24H34N4O2/c1-15(2)14-21(29)27-24-22(23-25-19-10-7-8-11-20(19)26-23)17(5)18(6)28(24)12-9-13-30-16(3)4/h7-8,10-11,15-16H,9,12-14H2,1-6H3,(H,25,26)(H,27,29). The van der Waals surface area contributed by atoms with Crippen LogP contribution in [0.4, 0.5) is 5.82 Å². The molecule has 0 aliphatic rings. The third-order valence-corrected chi connectivity index (χ3v) is 5.28. The van der Waals surface area contributed by atoms with Gasteiger partial charge in [0.05, 0.1) is 22.7 Å². The number of amides is 1. The number of nitrogens with zero attached hydrogens (tertiary/aromatic N) is 2. The summed E-state index contributed by atoms with van der Waals surface area (Å²) in [4.78, 5) is 20.9. The van der Waals surface area contributed by atoms with Crippen molar-refractivity contribution in [2.24, 2.45) is 5.92 Å². The summed E-state index contributed by atoms with van der Waals surface area (Å²) < 4.78 is 7.91. The third-order valence-electron chi connectivity index (χ3n) is 5.28. The highest BCUT2D eigenvalue weighted by Gasteiger charge is 2.23. The molecule has 3 rings (SSSR count). The van der Waals surface area contributed by atoms with Crippen LogP contribution in [-0.2, 0) is 16.1 Å². The maximum absolute atomic E-state index is 12.7. The summed E-state index contributed by atoms with van der Waals surface area (Å²) >= 11 is 0. The van der Waals surface area contributed by atoms with E-state index in [1.54, 1.807) is 0 Å². The van der Waals surface area contributed by atoms with Crippen molar-refractivity contribution < 1.29 is 9.53 Å². The van der Waals surface area contributed by atoms with Gasteiger partial charge in [0.15, 0.2) is 0 Å². The van der Waals surface area contributed by atoms with E-state index in [-0.39, 0.29) is 12.0 Å². The molecule has 0 atom stereocenters. The SMILES string of the molecule is Cc1c(-c2nc3ccccc3[nH]2)c(NC(=O)CC(C)C)n(CCCOC(C)C)c1C. The fourth-order valence-corrected chi connectivity index (χ4v) is 3.73. The predicted molar refractivity (Wildman–Crippen MR) is 123 cm³/mol. The number of hydrogen-bond acceptors (Lipinski definition) is 3. The molecule has 0 saturated heterocycles. The summed E-state index contributed by atoms with van der Waals surface area (Å²) in [5, 5.41) is 3.19. The Labute approximate surface area is 179 Å². The van der Waals surface area contributed by atoms with Gasteiger partial charge in [-0.2, -0.15) is 0 Å². The second-order valence-electron chi connectivity index (χ2n) is 8.61. The lowest BCUT2D eigenvalue weighted by Crippen LogP contribution is -2.18. The van der Waals surface area contributed by atoms with Gasteiger partial charge < -0.3 is 19.6 Å². The fourth-order valence-electron chi connectivity index (χ4n) is 3.73.